The highest BCUT2D eigenvalue weighted by molar-refractivity contribution is 6.09. The molecule has 2 heterocycles. The minimum atomic E-state index is -0.126. The second-order valence-electron chi connectivity index (χ2n) is 2.05. The van der Waals surface area contributed by atoms with Gasteiger partial charge in [-0.3, -0.25) is 4.79 Å². The van der Waals surface area contributed by atoms with Gasteiger partial charge in [-0.1, -0.05) is 0 Å². The summed E-state index contributed by atoms with van der Waals surface area (Å²) in [4.78, 5) is 14.4. The third-order valence-corrected chi connectivity index (χ3v) is 1.33. The van der Waals surface area contributed by atoms with Gasteiger partial charge in [0.15, 0.2) is 5.84 Å². The maximum absolute atomic E-state index is 10.7. The highest BCUT2D eigenvalue weighted by Gasteiger charge is 2.21. The highest BCUT2D eigenvalue weighted by Crippen LogP contribution is 2.06. The smallest absolute Gasteiger partial charge is 0.269 e. The quantitative estimate of drug-likeness (QED) is 0.461. The summed E-state index contributed by atoms with van der Waals surface area (Å²) in [7, 11) is 0. The van der Waals surface area contributed by atoms with E-state index in [1.54, 1.807) is 23.4 Å². The van der Waals surface area contributed by atoms with Gasteiger partial charge in [0.05, 0.1) is 0 Å². The molecule has 2 aliphatic heterocycles. The summed E-state index contributed by atoms with van der Waals surface area (Å²) in [5.41, 5.74) is 0. The molecular weight excluding hydrogens is 130 g/mol. The first-order chi connectivity index (χ1) is 4.86. The zero-order valence-corrected chi connectivity index (χ0v) is 5.19. The van der Waals surface area contributed by atoms with E-state index in [0.717, 1.165) is 0 Å². The summed E-state index contributed by atoms with van der Waals surface area (Å²) < 4.78 is 0. The molecule has 0 aliphatic carbocycles. The molecule has 0 aromatic heterocycles. The summed E-state index contributed by atoms with van der Waals surface area (Å²) in [6, 6.07) is 0. The molecule has 0 aromatic rings. The fourth-order valence-electron chi connectivity index (χ4n) is 0.901. The first-order valence-corrected chi connectivity index (χ1v) is 2.96. The maximum atomic E-state index is 10.7. The van der Waals surface area contributed by atoms with Gasteiger partial charge in [-0.25, -0.2) is 5.01 Å². The molecule has 2 aliphatic rings. The molecule has 0 unspecified atom stereocenters. The Morgan fingerprint density at radius 1 is 1.60 bits per heavy atom. The predicted molar refractivity (Wildman–Crippen MR) is 36.8 cm³/mol. The van der Waals surface area contributed by atoms with Crippen molar-refractivity contribution in [2.75, 3.05) is 6.54 Å². The maximum Gasteiger partial charge on any atom is 0.269 e. The van der Waals surface area contributed by atoms with Crippen molar-refractivity contribution in [1.82, 2.24) is 5.01 Å². The average molecular weight is 135 g/mol. The van der Waals surface area contributed by atoms with E-state index in [9.17, 15) is 4.79 Å². The van der Waals surface area contributed by atoms with Crippen LogP contribution in [0.3, 0.4) is 0 Å². The van der Waals surface area contributed by atoms with Crippen molar-refractivity contribution < 1.29 is 4.79 Å². The van der Waals surface area contributed by atoms with Crippen molar-refractivity contribution in [2.24, 2.45) is 10.1 Å². The van der Waals surface area contributed by atoms with Crippen LogP contribution in [0.15, 0.2) is 22.2 Å². The molecule has 0 fully saturated rings. The van der Waals surface area contributed by atoms with E-state index in [0.29, 0.717) is 5.84 Å². The molecular formula is C6H5N3O. The Hall–Kier alpha value is -1.45. The Morgan fingerprint density at radius 3 is 3.30 bits per heavy atom. The fourth-order valence-corrected chi connectivity index (χ4v) is 0.901. The molecule has 10 heavy (non-hydrogen) atoms. The van der Waals surface area contributed by atoms with Crippen LogP contribution < -0.4 is 0 Å². The molecule has 0 aromatic carbocycles. The minimum absolute atomic E-state index is 0.126. The second kappa shape index (κ2) is 1.76. The number of carbonyl (C=O) groups is 1. The van der Waals surface area contributed by atoms with Crippen LogP contribution >= 0.6 is 0 Å². The number of carbonyl (C=O) groups excluding carboxylic acids is 1. The second-order valence-corrected chi connectivity index (χ2v) is 2.05. The third-order valence-electron chi connectivity index (χ3n) is 1.33. The number of fused-ring (bicyclic) bond motifs is 1. The van der Waals surface area contributed by atoms with E-state index >= 15 is 0 Å². The standard InChI is InChI=1S/C6H5N3O/c10-6-4-9-5(8-6)2-1-3-7-9/h1-3H,4H2. The molecule has 4 heteroatoms. The van der Waals surface area contributed by atoms with Crippen LogP contribution in [0.5, 0.6) is 0 Å². The van der Waals surface area contributed by atoms with Gasteiger partial charge in [-0.2, -0.15) is 10.1 Å². The van der Waals surface area contributed by atoms with Crippen LogP contribution in [0.1, 0.15) is 0 Å². The van der Waals surface area contributed by atoms with Crippen molar-refractivity contribution in [3.63, 3.8) is 0 Å². The minimum Gasteiger partial charge on any atom is -0.270 e. The molecule has 0 bridgehead atoms. The molecule has 50 valence electrons. The summed E-state index contributed by atoms with van der Waals surface area (Å²) in [5.74, 6) is 0.520. The monoisotopic (exact) mass is 135 g/mol. The largest absolute Gasteiger partial charge is 0.270 e. The van der Waals surface area contributed by atoms with E-state index in [2.05, 4.69) is 10.1 Å². The van der Waals surface area contributed by atoms with E-state index in [-0.39, 0.29) is 12.5 Å². The van der Waals surface area contributed by atoms with Crippen molar-refractivity contribution in [3.05, 3.63) is 12.2 Å². The molecule has 4 nitrogen and oxygen atoms in total. The molecule has 2 rings (SSSR count). The first kappa shape index (κ1) is 5.34. The number of amidine groups is 1. The Labute approximate surface area is 57.5 Å². The summed E-state index contributed by atoms with van der Waals surface area (Å²) in [6.45, 7) is 0.288. The molecule has 0 saturated heterocycles. The zero-order valence-electron chi connectivity index (χ0n) is 5.19. The summed E-state index contributed by atoms with van der Waals surface area (Å²) in [6.07, 6.45) is 5.16. The van der Waals surface area contributed by atoms with E-state index < -0.39 is 0 Å². The van der Waals surface area contributed by atoms with Gasteiger partial charge < -0.3 is 0 Å². The van der Waals surface area contributed by atoms with Gasteiger partial charge in [0, 0.05) is 6.21 Å². The van der Waals surface area contributed by atoms with E-state index in [1.807, 2.05) is 0 Å². The van der Waals surface area contributed by atoms with E-state index in [4.69, 9.17) is 0 Å². The fraction of sp³-hybridized carbons (Fsp3) is 0.167. The number of rotatable bonds is 0. The topological polar surface area (TPSA) is 45.0 Å². The third kappa shape index (κ3) is 0.655. The number of hydrogen-bond acceptors (Lipinski definition) is 3. The lowest BCUT2D eigenvalue weighted by Crippen LogP contribution is -2.22. The average Bonchev–Trinajstić information content (AvgIpc) is 2.27. The number of hydrazone groups is 1. The van der Waals surface area contributed by atoms with Crippen molar-refractivity contribution >= 4 is 18.0 Å². The zero-order chi connectivity index (χ0) is 6.97. The van der Waals surface area contributed by atoms with Gasteiger partial charge in [0.25, 0.3) is 5.91 Å². The van der Waals surface area contributed by atoms with Gasteiger partial charge in [0.1, 0.15) is 6.54 Å². The molecule has 0 N–H and O–H groups in total. The lowest BCUT2D eigenvalue weighted by Gasteiger charge is -2.11. The van der Waals surface area contributed by atoms with Crippen LogP contribution in [-0.2, 0) is 4.79 Å². The lowest BCUT2D eigenvalue weighted by atomic mass is 10.4. The number of nitrogens with zero attached hydrogens (tertiary/aromatic N) is 3. The van der Waals surface area contributed by atoms with E-state index in [1.165, 1.54) is 0 Å². The van der Waals surface area contributed by atoms with Gasteiger partial charge in [0.2, 0.25) is 0 Å². The summed E-state index contributed by atoms with van der Waals surface area (Å²) >= 11 is 0. The van der Waals surface area contributed by atoms with Gasteiger partial charge >= 0.3 is 0 Å². The van der Waals surface area contributed by atoms with Crippen molar-refractivity contribution in [1.29, 1.82) is 0 Å². The molecule has 0 saturated carbocycles. The van der Waals surface area contributed by atoms with Crippen LogP contribution in [-0.4, -0.2) is 29.5 Å². The Morgan fingerprint density at radius 2 is 2.50 bits per heavy atom. The molecule has 0 radical (unpaired) electrons. The predicted octanol–water partition coefficient (Wildman–Crippen LogP) is -0.217. The van der Waals surface area contributed by atoms with Crippen LogP contribution in [0, 0.1) is 0 Å². The van der Waals surface area contributed by atoms with Crippen molar-refractivity contribution in [3.8, 4) is 0 Å². The van der Waals surface area contributed by atoms with Crippen LogP contribution in [0.25, 0.3) is 0 Å². The summed E-state index contributed by atoms with van der Waals surface area (Å²) in [5, 5.41) is 5.48. The highest BCUT2D eigenvalue weighted by atomic mass is 16.2. The number of aliphatic imine (C=N–C) groups is 1. The number of allylic oxidation sites excluding steroid dienone is 1. The normalized spacial score (nSPS) is 21.4. The molecule has 0 atom stereocenters. The number of hydrogen-bond donors (Lipinski definition) is 0. The van der Waals surface area contributed by atoms with Gasteiger partial charge in [-0.15, -0.1) is 0 Å². The number of amides is 1. The SMILES string of the molecule is O=C1CN2N=CC=CC2=N1. The Bertz CT molecular complexity index is 264. The Balaban J connectivity index is 2.37. The molecule has 0 spiro atoms. The van der Waals surface area contributed by atoms with Crippen LogP contribution in [0.4, 0.5) is 0 Å². The lowest BCUT2D eigenvalue weighted by molar-refractivity contribution is -0.117. The Kier molecular flexibility index (Phi) is 0.943. The molecule has 1 amide bonds. The van der Waals surface area contributed by atoms with Gasteiger partial charge in [-0.05, 0) is 12.2 Å². The van der Waals surface area contributed by atoms with Crippen molar-refractivity contribution in [2.45, 2.75) is 0 Å². The first-order valence-electron chi connectivity index (χ1n) is 2.96. The van der Waals surface area contributed by atoms with Crippen LogP contribution in [0.2, 0.25) is 0 Å².